The Bertz CT molecular complexity index is 1150. The SMILES string of the molecule is CC(=O)N1c2ccc(C)cc2-c2nnc(SCCC(C)C)nc2OC1c1ccccc1Cl. The van der Waals surface area contributed by atoms with Crippen LogP contribution in [-0.2, 0) is 4.79 Å². The van der Waals surface area contributed by atoms with Crippen LogP contribution in [0.4, 0.5) is 5.69 Å². The fraction of sp³-hybridized carbons (Fsp3) is 0.333. The van der Waals surface area contributed by atoms with Crippen LogP contribution < -0.4 is 9.64 Å². The molecule has 0 aliphatic carbocycles. The molecule has 1 unspecified atom stereocenters. The molecule has 0 fully saturated rings. The molecular formula is C24H25ClN4O2S. The number of carbonyl (C=O) groups is 1. The first kappa shape index (κ1) is 22.6. The fourth-order valence-corrected chi connectivity index (χ4v) is 4.79. The molecule has 2 heterocycles. The maximum atomic E-state index is 12.9. The Hall–Kier alpha value is -2.64. The highest BCUT2D eigenvalue weighted by Gasteiger charge is 2.35. The summed E-state index contributed by atoms with van der Waals surface area (Å²) in [5.41, 5.74) is 3.66. The maximum absolute atomic E-state index is 12.9. The molecule has 8 heteroatoms. The van der Waals surface area contributed by atoms with E-state index < -0.39 is 6.23 Å². The molecule has 1 aromatic heterocycles. The third kappa shape index (κ3) is 4.59. The van der Waals surface area contributed by atoms with Gasteiger partial charge in [-0.15, -0.1) is 10.2 Å². The van der Waals surface area contributed by atoms with Crippen molar-refractivity contribution in [2.45, 2.75) is 45.5 Å². The Kier molecular flexibility index (Phi) is 6.67. The van der Waals surface area contributed by atoms with Crippen molar-refractivity contribution >= 4 is 35.0 Å². The minimum atomic E-state index is -0.783. The van der Waals surface area contributed by atoms with Gasteiger partial charge < -0.3 is 4.74 Å². The van der Waals surface area contributed by atoms with Crippen molar-refractivity contribution in [2.75, 3.05) is 10.7 Å². The minimum absolute atomic E-state index is 0.174. The summed E-state index contributed by atoms with van der Waals surface area (Å²) in [7, 11) is 0. The average molecular weight is 469 g/mol. The van der Waals surface area contributed by atoms with Crippen LogP contribution in [0.2, 0.25) is 5.02 Å². The number of ether oxygens (including phenoxy) is 1. The van der Waals surface area contributed by atoms with Gasteiger partial charge in [0.15, 0.2) is 5.69 Å². The number of hydrogen-bond acceptors (Lipinski definition) is 6. The summed E-state index contributed by atoms with van der Waals surface area (Å²) < 4.78 is 6.38. The Morgan fingerprint density at radius 3 is 2.72 bits per heavy atom. The lowest BCUT2D eigenvalue weighted by Crippen LogP contribution is -2.36. The van der Waals surface area contributed by atoms with E-state index >= 15 is 0 Å². The summed E-state index contributed by atoms with van der Waals surface area (Å²) in [6.07, 6.45) is 0.267. The molecule has 0 saturated carbocycles. The molecule has 1 amide bonds. The number of amides is 1. The topological polar surface area (TPSA) is 68.2 Å². The Morgan fingerprint density at radius 1 is 1.22 bits per heavy atom. The molecule has 2 aromatic carbocycles. The smallest absolute Gasteiger partial charge is 0.247 e. The van der Waals surface area contributed by atoms with E-state index in [1.54, 1.807) is 22.7 Å². The van der Waals surface area contributed by atoms with Gasteiger partial charge in [0.1, 0.15) is 0 Å². The zero-order chi connectivity index (χ0) is 22.8. The van der Waals surface area contributed by atoms with Crippen molar-refractivity contribution < 1.29 is 9.53 Å². The van der Waals surface area contributed by atoms with Gasteiger partial charge in [-0.1, -0.05) is 67.0 Å². The van der Waals surface area contributed by atoms with Crippen LogP contribution in [-0.4, -0.2) is 26.8 Å². The molecule has 1 aliphatic heterocycles. The number of aryl methyl sites for hydroxylation is 1. The largest absolute Gasteiger partial charge is 0.447 e. The highest BCUT2D eigenvalue weighted by atomic mass is 35.5. The molecular weight excluding hydrogens is 444 g/mol. The second-order valence-corrected chi connectivity index (χ2v) is 9.65. The number of anilines is 1. The molecule has 1 atom stereocenters. The van der Waals surface area contributed by atoms with E-state index in [-0.39, 0.29) is 5.91 Å². The van der Waals surface area contributed by atoms with Gasteiger partial charge in [-0.3, -0.25) is 9.69 Å². The summed E-state index contributed by atoms with van der Waals surface area (Å²) in [5, 5.41) is 9.87. The molecule has 0 N–H and O–H groups in total. The second kappa shape index (κ2) is 9.46. The Morgan fingerprint density at radius 2 is 2.00 bits per heavy atom. The standard InChI is InChI=1S/C24H25ClN4O2S/c1-14(2)11-12-32-24-26-22-21(27-28-24)18-13-15(3)9-10-20(18)29(16(4)30)23(31-22)17-7-5-6-8-19(17)25/h5-10,13-14,23H,11-12H2,1-4H3. The van der Waals surface area contributed by atoms with E-state index in [1.165, 1.54) is 6.92 Å². The lowest BCUT2D eigenvalue weighted by atomic mass is 10.0. The predicted molar refractivity (Wildman–Crippen MR) is 128 cm³/mol. The van der Waals surface area contributed by atoms with Gasteiger partial charge in [-0.2, -0.15) is 4.98 Å². The monoisotopic (exact) mass is 468 g/mol. The van der Waals surface area contributed by atoms with Crippen LogP contribution in [0.1, 0.15) is 44.5 Å². The first-order chi connectivity index (χ1) is 15.3. The second-order valence-electron chi connectivity index (χ2n) is 8.18. The van der Waals surface area contributed by atoms with E-state index in [4.69, 9.17) is 16.3 Å². The molecule has 6 nitrogen and oxygen atoms in total. The van der Waals surface area contributed by atoms with E-state index in [1.807, 2.05) is 43.3 Å². The fourth-order valence-electron chi connectivity index (χ4n) is 3.54. The van der Waals surface area contributed by atoms with Crippen molar-refractivity contribution in [2.24, 2.45) is 5.92 Å². The van der Waals surface area contributed by atoms with Crippen LogP contribution in [0.3, 0.4) is 0 Å². The summed E-state index contributed by atoms with van der Waals surface area (Å²) in [6, 6.07) is 13.2. The van der Waals surface area contributed by atoms with Crippen LogP contribution >= 0.6 is 23.4 Å². The van der Waals surface area contributed by atoms with Crippen molar-refractivity contribution in [3.63, 3.8) is 0 Å². The van der Waals surface area contributed by atoms with E-state index in [2.05, 4.69) is 29.0 Å². The first-order valence-electron chi connectivity index (χ1n) is 10.5. The van der Waals surface area contributed by atoms with Crippen molar-refractivity contribution in [1.82, 2.24) is 15.2 Å². The molecule has 4 rings (SSSR count). The van der Waals surface area contributed by atoms with Gasteiger partial charge in [0.2, 0.25) is 23.2 Å². The van der Waals surface area contributed by atoms with Gasteiger partial charge in [-0.25, -0.2) is 0 Å². The highest BCUT2D eigenvalue weighted by Crippen LogP contribution is 2.44. The first-order valence-corrected chi connectivity index (χ1v) is 11.9. The van der Waals surface area contributed by atoms with Crippen LogP contribution in [0, 0.1) is 12.8 Å². The zero-order valence-electron chi connectivity index (χ0n) is 18.5. The lowest BCUT2D eigenvalue weighted by Gasteiger charge is -2.30. The van der Waals surface area contributed by atoms with E-state index in [0.29, 0.717) is 38.9 Å². The van der Waals surface area contributed by atoms with Gasteiger partial charge >= 0.3 is 0 Å². The third-order valence-electron chi connectivity index (χ3n) is 5.20. The number of hydrogen-bond donors (Lipinski definition) is 0. The van der Waals surface area contributed by atoms with Crippen LogP contribution in [0.25, 0.3) is 11.3 Å². The molecule has 1 aliphatic rings. The van der Waals surface area contributed by atoms with Crippen molar-refractivity contribution in [3.8, 4) is 17.1 Å². The summed E-state index contributed by atoms with van der Waals surface area (Å²) >= 11 is 8.07. The predicted octanol–water partition coefficient (Wildman–Crippen LogP) is 6.08. The number of rotatable bonds is 5. The summed E-state index contributed by atoms with van der Waals surface area (Å²) in [5.74, 6) is 1.65. The summed E-state index contributed by atoms with van der Waals surface area (Å²) in [6.45, 7) is 7.87. The molecule has 0 spiro atoms. The van der Waals surface area contributed by atoms with Crippen molar-refractivity contribution in [1.29, 1.82) is 0 Å². The number of halogens is 1. The molecule has 0 saturated heterocycles. The van der Waals surface area contributed by atoms with Gasteiger partial charge in [0, 0.05) is 28.8 Å². The summed E-state index contributed by atoms with van der Waals surface area (Å²) in [4.78, 5) is 19.1. The van der Waals surface area contributed by atoms with Crippen LogP contribution in [0.15, 0.2) is 47.6 Å². The number of carbonyl (C=O) groups excluding carboxylic acids is 1. The Balaban J connectivity index is 1.86. The zero-order valence-corrected chi connectivity index (χ0v) is 20.1. The molecule has 0 bridgehead atoms. The number of aromatic nitrogens is 3. The quantitative estimate of drug-likeness (QED) is 0.422. The van der Waals surface area contributed by atoms with Gasteiger partial charge in [0.05, 0.1) is 5.69 Å². The molecule has 32 heavy (non-hydrogen) atoms. The molecule has 0 radical (unpaired) electrons. The average Bonchev–Trinajstić information content (AvgIpc) is 2.88. The number of thioether (sulfide) groups is 1. The van der Waals surface area contributed by atoms with Gasteiger partial charge in [-0.05, 0) is 37.5 Å². The normalized spacial score (nSPS) is 15.1. The number of benzene rings is 2. The van der Waals surface area contributed by atoms with Crippen LogP contribution in [0.5, 0.6) is 5.88 Å². The van der Waals surface area contributed by atoms with Crippen molar-refractivity contribution in [3.05, 3.63) is 58.6 Å². The maximum Gasteiger partial charge on any atom is 0.247 e. The lowest BCUT2D eigenvalue weighted by molar-refractivity contribution is -0.118. The van der Waals surface area contributed by atoms with E-state index in [0.717, 1.165) is 23.3 Å². The van der Waals surface area contributed by atoms with E-state index in [9.17, 15) is 4.79 Å². The minimum Gasteiger partial charge on any atom is -0.447 e. The number of fused-ring (bicyclic) bond motifs is 3. The molecule has 3 aromatic rings. The Labute approximate surface area is 197 Å². The number of nitrogens with zero attached hydrogens (tertiary/aromatic N) is 4. The van der Waals surface area contributed by atoms with Gasteiger partial charge in [0.25, 0.3) is 0 Å². The highest BCUT2D eigenvalue weighted by molar-refractivity contribution is 7.99. The third-order valence-corrected chi connectivity index (χ3v) is 6.41. The molecule has 166 valence electrons.